The van der Waals surface area contributed by atoms with E-state index in [-0.39, 0.29) is 0 Å². The second-order valence-electron chi connectivity index (χ2n) is 5.01. The maximum absolute atomic E-state index is 3.39. The summed E-state index contributed by atoms with van der Waals surface area (Å²) in [6.07, 6.45) is 9.79. The third kappa shape index (κ3) is 5.31. The lowest BCUT2D eigenvalue weighted by molar-refractivity contribution is 0.242. The lowest BCUT2D eigenvalue weighted by atomic mass is 10.1. The van der Waals surface area contributed by atoms with Gasteiger partial charge in [-0.05, 0) is 58.3 Å². The molecule has 1 heterocycles. The zero-order valence-corrected chi connectivity index (χ0v) is 11.3. The number of nitrogens with one attached hydrogen (secondary N) is 1. The first-order chi connectivity index (χ1) is 7.88. The summed E-state index contributed by atoms with van der Waals surface area (Å²) >= 11 is 0. The highest BCUT2D eigenvalue weighted by molar-refractivity contribution is 4.77. The van der Waals surface area contributed by atoms with Gasteiger partial charge in [0.15, 0.2) is 0 Å². The van der Waals surface area contributed by atoms with Gasteiger partial charge in [-0.25, -0.2) is 0 Å². The van der Waals surface area contributed by atoms with Gasteiger partial charge >= 0.3 is 0 Å². The summed E-state index contributed by atoms with van der Waals surface area (Å²) in [7, 11) is 0. The molecule has 2 nitrogen and oxygen atoms in total. The SMILES string of the molecule is CCNCCCCCCN1CCCC1CC. The van der Waals surface area contributed by atoms with Gasteiger partial charge in [0, 0.05) is 6.04 Å². The Morgan fingerprint density at radius 1 is 1.12 bits per heavy atom. The first-order valence-electron chi connectivity index (χ1n) is 7.33. The fourth-order valence-electron chi connectivity index (χ4n) is 2.75. The lowest BCUT2D eigenvalue weighted by Gasteiger charge is -2.22. The molecule has 0 saturated carbocycles. The molecule has 2 heteroatoms. The molecule has 16 heavy (non-hydrogen) atoms. The van der Waals surface area contributed by atoms with E-state index < -0.39 is 0 Å². The van der Waals surface area contributed by atoms with E-state index in [1.165, 1.54) is 64.6 Å². The summed E-state index contributed by atoms with van der Waals surface area (Å²) in [5.41, 5.74) is 0. The fourth-order valence-corrected chi connectivity index (χ4v) is 2.75. The van der Waals surface area contributed by atoms with Gasteiger partial charge in [-0.2, -0.15) is 0 Å². The lowest BCUT2D eigenvalue weighted by Crippen LogP contribution is -2.29. The molecule has 1 atom stereocenters. The van der Waals surface area contributed by atoms with E-state index in [0.29, 0.717) is 0 Å². The predicted octanol–water partition coefficient (Wildman–Crippen LogP) is 3.03. The predicted molar refractivity (Wildman–Crippen MR) is 71.9 cm³/mol. The van der Waals surface area contributed by atoms with Gasteiger partial charge in [0.25, 0.3) is 0 Å². The summed E-state index contributed by atoms with van der Waals surface area (Å²) < 4.78 is 0. The monoisotopic (exact) mass is 226 g/mol. The largest absolute Gasteiger partial charge is 0.317 e. The molecule has 1 aliphatic heterocycles. The Hall–Kier alpha value is -0.0800. The van der Waals surface area contributed by atoms with Crippen molar-refractivity contribution in [3.05, 3.63) is 0 Å². The van der Waals surface area contributed by atoms with Gasteiger partial charge in [-0.1, -0.05) is 26.7 Å². The van der Waals surface area contributed by atoms with Crippen LogP contribution >= 0.6 is 0 Å². The molecular formula is C14H30N2. The molecule has 0 aromatic heterocycles. The second kappa shape index (κ2) is 9.00. The zero-order valence-electron chi connectivity index (χ0n) is 11.3. The van der Waals surface area contributed by atoms with Gasteiger partial charge in [-0.3, -0.25) is 0 Å². The van der Waals surface area contributed by atoms with E-state index in [0.717, 1.165) is 12.6 Å². The zero-order chi connectivity index (χ0) is 11.6. The van der Waals surface area contributed by atoms with Gasteiger partial charge in [0.1, 0.15) is 0 Å². The third-order valence-electron chi connectivity index (χ3n) is 3.77. The summed E-state index contributed by atoms with van der Waals surface area (Å²) in [6, 6.07) is 0.904. The van der Waals surface area contributed by atoms with Gasteiger partial charge in [0.2, 0.25) is 0 Å². The van der Waals surface area contributed by atoms with Crippen molar-refractivity contribution in [2.24, 2.45) is 0 Å². The van der Waals surface area contributed by atoms with Crippen molar-refractivity contribution >= 4 is 0 Å². The Morgan fingerprint density at radius 3 is 2.69 bits per heavy atom. The van der Waals surface area contributed by atoms with Crippen molar-refractivity contribution in [2.45, 2.75) is 64.8 Å². The van der Waals surface area contributed by atoms with Crippen molar-refractivity contribution in [2.75, 3.05) is 26.2 Å². The minimum Gasteiger partial charge on any atom is -0.317 e. The van der Waals surface area contributed by atoms with Crippen LogP contribution in [0.15, 0.2) is 0 Å². The highest BCUT2D eigenvalue weighted by Gasteiger charge is 2.21. The van der Waals surface area contributed by atoms with Crippen LogP contribution < -0.4 is 5.32 Å². The molecule has 0 spiro atoms. The van der Waals surface area contributed by atoms with Gasteiger partial charge in [0.05, 0.1) is 0 Å². The van der Waals surface area contributed by atoms with E-state index in [1.807, 2.05) is 0 Å². The van der Waals surface area contributed by atoms with Crippen LogP contribution in [-0.2, 0) is 0 Å². The minimum absolute atomic E-state index is 0.904. The molecule has 1 saturated heterocycles. The average molecular weight is 226 g/mol. The molecule has 0 aromatic rings. The van der Waals surface area contributed by atoms with Crippen LogP contribution in [0.1, 0.15) is 58.8 Å². The summed E-state index contributed by atoms with van der Waals surface area (Å²) in [5.74, 6) is 0. The fraction of sp³-hybridized carbons (Fsp3) is 1.00. The molecular weight excluding hydrogens is 196 g/mol. The van der Waals surface area contributed by atoms with Gasteiger partial charge < -0.3 is 10.2 Å². The molecule has 0 radical (unpaired) electrons. The van der Waals surface area contributed by atoms with Crippen molar-refractivity contribution < 1.29 is 0 Å². The van der Waals surface area contributed by atoms with E-state index in [2.05, 4.69) is 24.1 Å². The first-order valence-corrected chi connectivity index (χ1v) is 7.33. The number of hydrogen-bond acceptors (Lipinski definition) is 2. The molecule has 1 aliphatic rings. The quantitative estimate of drug-likeness (QED) is 0.608. The normalized spacial score (nSPS) is 21.8. The molecule has 1 N–H and O–H groups in total. The summed E-state index contributed by atoms with van der Waals surface area (Å²) in [4.78, 5) is 2.71. The Labute approximate surface area is 102 Å². The topological polar surface area (TPSA) is 15.3 Å². The second-order valence-corrected chi connectivity index (χ2v) is 5.01. The van der Waals surface area contributed by atoms with Crippen LogP contribution in [0.25, 0.3) is 0 Å². The maximum atomic E-state index is 3.39. The van der Waals surface area contributed by atoms with E-state index in [4.69, 9.17) is 0 Å². The van der Waals surface area contributed by atoms with Crippen molar-refractivity contribution in [1.82, 2.24) is 10.2 Å². The molecule has 0 aliphatic carbocycles. The molecule has 1 unspecified atom stereocenters. The standard InChI is InChI=1S/C14H30N2/c1-3-14-10-9-13-16(14)12-8-6-5-7-11-15-4-2/h14-15H,3-13H2,1-2H3. The third-order valence-corrected chi connectivity index (χ3v) is 3.77. The van der Waals surface area contributed by atoms with Crippen LogP contribution in [0.4, 0.5) is 0 Å². The Kier molecular flexibility index (Phi) is 7.87. The number of likely N-dealkylation sites (tertiary alicyclic amines) is 1. The van der Waals surface area contributed by atoms with E-state index in [1.54, 1.807) is 0 Å². The number of hydrogen-bond donors (Lipinski definition) is 1. The van der Waals surface area contributed by atoms with Crippen LogP contribution in [0, 0.1) is 0 Å². The minimum atomic E-state index is 0.904. The maximum Gasteiger partial charge on any atom is 0.00931 e. The summed E-state index contributed by atoms with van der Waals surface area (Å²) in [6.45, 7) is 9.54. The first kappa shape index (κ1) is 14.0. The Bertz CT molecular complexity index is 159. The number of unbranched alkanes of at least 4 members (excludes halogenated alkanes) is 3. The van der Waals surface area contributed by atoms with Crippen molar-refractivity contribution in [3.8, 4) is 0 Å². The molecule has 1 fully saturated rings. The van der Waals surface area contributed by atoms with Crippen LogP contribution in [-0.4, -0.2) is 37.1 Å². The molecule has 0 bridgehead atoms. The molecule has 96 valence electrons. The van der Waals surface area contributed by atoms with Crippen molar-refractivity contribution in [1.29, 1.82) is 0 Å². The number of rotatable bonds is 9. The highest BCUT2D eigenvalue weighted by Crippen LogP contribution is 2.20. The van der Waals surface area contributed by atoms with Gasteiger partial charge in [-0.15, -0.1) is 0 Å². The van der Waals surface area contributed by atoms with Crippen LogP contribution in [0.2, 0.25) is 0 Å². The number of nitrogens with zero attached hydrogens (tertiary/aromatic N) is 1. The van der Waals surface area contributed by atoms with E-state index in [9.17, 15) is 0 Å². The van der Waals surface area contributed by atoms with Crippen molar-refractivity contribution in [3.63, 3.8) is 0 Å². The van der Waals surface area contributed by atoms with E-state index >= 15 is 0 Å². The summed E-state index contributed by atoms with van der Waals surface area (Å²) in [5, 5.41) is 3.39. The average Bonchev–Trinajstić information content (AvgIpc) is 2.75. The Balaban J connectivity index is 1.90. The van der Waals surface area contributed by atoms with Crippen LogP contribution in [0.3, 0.4) is 0 Å². The molecule has 1 rings (SSSR count). The molecule has 0 amide bonds. The molecule has 0 aromatic carbocycles. The highest BCUT2D eigenvalue weighted by atomic mass is 15.2. The van der Waals surface area contributed by atoms with Crippen LogP contribution in [0.5, 0.6) is 0 Å². The Morgan fingerprint density at radius 2 is 1.94 bits per heavy atom. The smallest absolute Gasteiger partial charge is 0.00931 e.